The molecule has 108 valence electrons. The number of nitrogens with zero attached hydrogens (tertiary/aromatic N) is 6. The standard InChI is InChI=1S/C12H15N9/c13-10-8-7-16-21(9-1-2-15-19-9)11(8)18-12(17-10)20-5-3-14-4-6-20/h1-2,7,14H,3-6H2,(H,15,19)(H2,13,17,18). The van der Waals surface area contributed by atoms with Crippen LogP contribution >= 0.6 is 0 Å². The first kappa shape index (κ1) is 12.1. The highest BCUT2D eigenvalue weighted by molar-refractivity contribution is 5.87. The van der Waals surface area contributed by atoms with E-state index < -0.39 is 0 Å². The number of H-pyrrole nitrogens is 1. The van der Waals surface area contributed by atoms with E-state index in [9.17, 15) is 0 Å². The summed E-state index contributed by atoms with van der Waals surface area (Å²) in [5.41, 5.74) is 6.73. The van der Waals surface area contributed by atoms with Crippen molar-refractivity contribution in [2.45, 2.75) is 0 Å². The first-order valence-corrected chi connectivity index (χ1v) is 6.80. The Kier molecular flexibility index (Phi) is 2.71. The number of aromatic nitrogens is 6. The summed E-state index contributed by atoms with van der Waals surface area (Å²) in [6.07, 6.45) is 3.41. The van der Waals surface area contributed by atoms with Gasteiger partial charge in [-0.1, -0.05) is 0 Å². The van der Waals surface area contributed by atoms with Crippen molar-refractivity contribution >= 4 is 22.8 Å². The Bertz CT molecular complexity index is 754. The predicted molar refractivity (Wildman–Crippen MR) is 78.3 cm³/mol. The zero-order chi connectivity index (χ0) is 14.2. The SMILES string of the molecule is Nc1nc(N2CCNCC2)nc2c1cnn2-c1cc[nH]n1. The minimum Gasteiger partial charge on any atom is -0.383 e. The van der Waals surface area contributed by atoms with Gasteiger partial charge in [-0.25, -0.2) is 0 Å². The van der Waals surface area contributed by atoms with Gasteiger partial charge >= 0.3 is 0 Å². The number of nitrogens with two attached hydrogens (primary N) is 1. The largest absolute Gasteiger partial charge is 0.383 e. The highest BCUT2D eigenvalue weighted by atomic mass is 15.4. The zero-order valence-electron chi connectivity index (χ0n) is 11.3. The van der Waals surface area contributed by atoms with E-state index in [4.69, 9.17) is 5.73 Å². The van der Waals surface area contributed by atoms with Crippen LogP contribution in [0, 0.1) is 0 Å². The molecule has 4 heterocycles. The molecular formula is C12H15N9. The number of aromatic amines is 1. The number of nitrogens with one attached hydrogen (secondary N) is 2. The van der Waals surface area contributed by atoms with E-state index in [2.05, 4.69) is 35.5 Å². The van der Waals surface area contributed by atoms with Gasteiger partial charge in [-0.05, 0) is 0 Å². The monoisotopic (exact) mass is 285 g/mol. The molecule has 0 aliphatic carbocycles. The van der Waals surface area contributed by atoms with Crippen LogP contribution in [0.3, 0.4) is 0 Å². The maximum atomic E-state index is 6.06. The Balaban J connectivity index is 1.85. The molecule has 4 rings (SSSR count). The van der Waals surface area contributed by atoms with Crippen LogP contribution in [0.5, 0.6) is 0 Å². The minimum atomic E-state index is 0.440. The van der Waals surface area contributed by atoms with Crippen LogP contribution in [0.15, 0.2) is 18.5 Å². The molecule has 0 atom stereocenters. The second kappa shape index (κ2) is 4.70. The summed E-state index contributed by atoms with van der Waals surface area (Å²) >= 11 is 0. The lowest BCUT2D eigenvalue weighted by Gasteiger charge is -2.27. The van der Waals surface area contributed by atoms with Crippen LogP contribution in [0.1, 0.15) is 0 Å². The number of anilines is 2. The zero-order valence-corrected chi connectivity index (χ0v) is 11.3. The molecule has 0 aromatic carbocycles. The molecule has 3 aromatic heterocycles. The predicted octanol–water partition coefficient (Wildman–Crippen LogP) is -0.470. The number of nitrogen functional groups attached to an aromatic ring is 1. The second-order valence-electron chi connectivity index (χ2n) is 4.87. The van der Waals surface area contributed by atoms with E-state index in [0.717, 1.165) is 31.6 Å². The summed E-state index contributed by atoms with van der Waals surface area (Å²) in [5.74, 6) is 1.75. The van der Waals surface area contributed by atoms with E-state index >= 15 is 0 Å². The smallest absolute Gasteiger partial charge is 0.229 e. The van der Waals surface area contributed by atoms with Crippen molar-refractivity contribution in [3.8, 4) is 5.82 Å². The van der Waals surface area contributed by atoms with Crippen molar-refractivity contribution in [2.75, 3.05) is 36.8 Å². The van der Waals surface area contributed by atoms with E-state index in [1.54, 1.807) is 17.1 Å². The highest BCUT2D eigenvalue weighted by Gasteiger charge is 2.18. The van der Waals surface area contributed by atoms with Gasteiger partial charge in [-0.3, -0.25) is 5.10 Å². The van der Waals surface area contributed by atoms with Gasteiger partial charge < -0.3 is 16.0 Å². The Morgan fingerprint density at radius 1 is 1.19 bits per heavy atom. The summed E-state index contributed by atoms with van der Waals surface area (Å²) in [5, 5.41) is 15.2. The minimum absolute atomic E-state index is 0.440. The molecule has 21 heavy (non-hydrogen) atoms. The Labute approximate surface area is 120 Å². The van der Waals surface area contributed by atoms with Crippen molar-refractivity contribution in [1.82, 2.24) is 35.3 Å². The average molecular weight is 285 g/mol. The fourth-order valence-corrected chi connectivity index (χ4v) is 2.46. The van der Waals surface area contributed by atoms with E-state index in [1.165, 1.54) is 0 Å². The Hall–Kier alpha value is -2.68. The maximum Gasteiger partial charge on any atom is 0.229 e. The van der Waals surface area contributed by atoms with Crippen LogP contribution in [0.4, 0.5) is 11.8 Å². The molecule has 1 aliphatic rings. The van der Waals surface area contributed by atoms with Crippen molar-refractivity contribution in [3.05, 3.63) is 18.5 Å². The van der Waals surface area contributed by atoms with E-state index in [0.29, 0.717) is 23.2 Å². The summed E-state index contributed by atoms with van der Waals surface area (Å²) in [6, 6.07) is 1.83. The van der Waals surface area contributed by atoms with Crippen LogP contribution in [0.2, 0.25) is 0 Å². The molecule has 0 amide bonds. The second-order valence-corrected chi connectivity index (χ2v) is 4.87. The Morgan fingerprint density at radius 2 is 2.05 bits per heavy atom. The fraction of sp³-hybridized carbons (Fsp3) is 0.333. The Morgan fingerprint density at radius 3 is 2.81 bits per heavy atom. The molecular weight excluding hydrogens is 270 g/mol. The quantitative estimate of drug-likeness (QED) is 0.583. The van der Waals surface area contributed by atoms with Gasteiger partial charge in [-0.2, -0.15) is 24.8 Å². The topological polar surface area (TPSA) is 114 Å². The van der Waals surface area contributed by atoms with Crippen LogP contribution in [-0.2, 0) is 0 Å². The maximum absolute atomic E-state index is 6.06. The van der Waals surface area contributed by atoms with Crippen molar-refractivity contribution < 1.29 is 0 Å². The third kappa shape index (κ3) is 1.98. The van der Waals surface area contributed by atoms with Gasteiger partial charge in [-0.15, -0.1) is 0 Å². The number of rotatable bonds is 2. The molecule has 1 saturated heterocycles. The molecule has 0 radical (unpaired) electrons. The summed E-state index contributed by atoms with van der Waals surface area (Å²) < 4.78 is 1.66. The molecule has 0 bridgehead atoms. The third-order valence-electron chi connectivity index (χ3n) is 3.55. The lowest BCUT2D eigenvalue weighted by Crippen LogP contribution is -2.44. The lowest BCUT2D eigenvalue weighted by atomic mass is 10.3. The summed E-state index contributed by atoms with van der Waals surface area (Å²) in [7, 11) is 0. The normalized spacial score (nSPS) is 15.7. The first-order chi connectivity index (χ1) is 10.3. The molecule has 0 saturated carbocycles. The summed E-state index contributed by atoms with van der Waals surface area (Å²) in [4.78, 5) is 11.2. The van der Waals surface area contributed by atoms with Crippen molar-refractivity contribution in [3.63, 3.8) is 0 Å². The van der Waals surface area contributed by atoms with Gasteiger partial charge in [0.2, 0.25) is 5.95 Å². The van der Waals surface area contributed by atoms with Gasteiger partial charge in [0, 0.05) is 38.4 Å². The third-order valence-corrected chi connectivity index (χ3v) is 3.55. The van der Waals surface area contributed by atoms with Gasteiger partial charge in [0.05, 0.1) is 11.6 Å². The molecule has 0 unspecified atom stereocenters. The number of piperazine rings is 1. The van der Waals surface area contributed by atoms with Crippen LogP contribution < -0.4 is 16.0 Å². The van der Waals surface area contributed by atoms with Crippen molar-refractivity contribution in [2.24, 2.45) is 0 Å². The first-order valence-electron chi connectivity index (χ1n) is 6.80. The van der Waals surface area contributed by atoms with E-state index in [-0.39, 0.29) is 0 Å². The van der Waals surface area contributed by atoms with Gasteiger partial charge in [0.15, 0.2) is 11.5 Å². The van der Waals surface area contributed by atoms with Gasteiger partial charge in [0.1, 0.15) is 5.82 Å². The molecule has 1 aliphatic heterocycles. The molecule has 1 fully saturated rings. The fourth-order valence-electron chi connectivity index (χ4n) is 2.46. The lowest BCUT2D eigenvalue weighted by molar-refractivity contribution is 0.580. The summed E-state index contributed by atoms with van der Waals surface area (Å²) in [6.45, 7) is 3.56. The van der Waals surface area contributed by atoms with Crippen molar-refractivity contribution in [1.29, 1.82) is 0 Å². The molecule has 9 heteroatoms. The molecule has 9 nitrogen and oxygen atoms in total. The number of fused-ring (bicyclic) bond motifs is 1. The number of hydrogen-bond donors (Lipinski definition) is 3. The highest BCUT2D eigenvalue weighted by Crippen LogP contribution is 2.22. The van der Waals surface area contributed by atoms with Gasteiger partial charge in [0.25, 0.3) is 0 Å². The van der Waals surface area contributed by atoms with Crippen LogP contribution in [0.25, 0.3) is 16.9 Å². The number of hydrogen-bond acceptors (Lipinski definition) is 7. The molecule has 0 spiro atoms. The van der Waals surface area contributed by atoms with Crippen LogP contribution in [-0.4, -0.2) is 56.1 Å². The molecule has 4 N–H and O–H groups in total. The van der Waals surface area contributed by atoms with E-state index in [1.807, 2.05) is 6.07 Å². The molecule has 3 aromatic rings. The average Bonchev–Trinajstić information content (AvgIpc) is 3.16.